The lowest BCUT2D eigenvalue weighted by Gasteiger charge is -1.95. The van der Waals surface area contributed by atoms with Gasteiger partial charge in [0.1, 0.15) is 6.54 Å². The van der Waals surface area contributed by atoms with Crippen molar-refractivity contribution in [3.8, 4) is 6.07 Å². The van der Waals surface area contributed by atoms with Gasteiger partial charge in [0.15, 0.2) is 0 Å². The Labute approximate surface area is 77.3 Å². The second kappa shape index (κ2) is 3.93. The molecule has 4 nitrogen and oxygen atoms in total. The fourth-order valence-corrected chi connectivity index (χ4v) is 1.04. The summed E-state index contributed by atoms with van der Waals surface area (Å²) in [5.41, 5.74) is 0. The van der Waals surface area contributed by atoms with Crippen LogP contribution in [0, 0.1) is 11.3 Å². The third-order valence-electron chi connectivity index (χ3n) is 1.15. The average Bonchev–Trinajstić information content (AvgIpc) is 2.47. The quantitative estimate of drug-likeness (QED) is 0.777. The highest BCUT2D eigenvalue weighted by molar-refractivity contribution is 9.10. The van der Waals surface area contributed by atoms with Gasteiger partial charge in [-0.2, -0.15) is 5.26 Å². The fraction of sp³-hybridized carbons (Fsp3) is 0.143. The SMILES string of the molecule is N#CCNC(=O)c1occc1Br. The van der Waals surface area contributed by atoms with Gasteiger partial charge in [0, 0.05) is 0 Å². The number of hydrogen-bond donors (Lipinski definition) is 1. The highest BCUT2D eigenvalue weighted by atomic mass is 79.9. The molecule has 0 saturated carbocycles. The van der Waals surface area contributed by atoms with E-state index in [2.05, 4.69) is 21.2 Å². The minimum absolute atomic E-state index is 0.0219. The molecule has 0 bridgehead atoms. The molecule has 0 spiro atoms. The number of amides is 1. The van der Waals surface area contributed by atoms with Crippen molar-refractivity contribution >= 4 is 21.8 Å². The van der Waals surface area contributed by atoms with Gasteiger partial charge in [-0.05, 0) is 22.0 Å². The number of nitrogens with one attached hydrogen (secondary N) is 1. The number of carbonyl (C=O) groups is 1. The van der Waals surface area contributed by atoms with Gasteiger partial charge < -0.3 is 9.73 Å². The Hall–Kier alpha value is -1.28. The van der Waals surface area contributed by atoms with Gasteiger partial charge in [0.2, 0.25) is 5.76 Å². The van der Waals surface area contributed by atoms with Gasteiger partial charge >= 0.3 is 0 Å². The van der Waals surface area contributed by atoms with Crippen molar-refractivity contribution in [1.29, 1.82) is 5.26 Å². The Kier molecular flexibility index (Phi) is 2.88. The van der Waals surface area contributed by atoms with Crippen LogP contribution in [0.15, 0.2) is 21.2 Å². The normalized spacial score (nSPS) is 9.00. The predicted molar refractivity (Wildman–Crippen MR) is 44.4 cm³/mol. The minimum Gasteiger partial charge on any atom is -0.458 e. The Morgan fingerprint density at radius 3 is 3.08 bits per heavy atom. The molecule has 0 radical (unpaired) electrons. The summed E-state index contributed by atoms with van der Waals surface area (Å²) in [7, 11) is 0. The minimum atomic E-state index is -0.395. The number of halogens is 1. The van der Waals surface area contributed by atoms with Crippen LogP contribution in [-0.2, 0) is 0 Å². The maximum Gasteiger partial charge on any atom is 0.289 e. The van der Waals surface area contributed by atoms with Crippen molar-refractivity contribution in [2.24, 2.45) is 0 Å². The second-order valence-electron chi connectivity index (χ2n) is 1.94. The summed E-state index contributed by atoms with van der Waals surface area (Å²) < 4.78 is 5.44. The molecule has 0 aliphatic carbocycles. The molecule has 0 unspecified atom stereocenters. The number of nitriles is 1. The van der Waals surface area contributed by atoms with E-state index in [-0.39, 0.29) is 12.3 Å². The molecular weight excluding hydrogens is 224 g/mol. The van der Waals surface area contributed by atoms with Crippen LogP contribution in [0.1, 0.15) is 10.6 Å². The molecule has 1 heterocycles. The molecule has 0 aromatic carbocycles. The third kappa shape index (κ3) is 1.86. The van der Waals surface area contributed by atoms with Crippen molar-refractivity contribution < 1.29 is 9.21 Å². The average molecular weight is 229 g/mol. The number of furan rings is 1. The lowest BCUT2D eigenvalue weighted by Crippen LogP contribution is -2.23. The molecule has 0 atom stereocenters. The summed E-state index contributed by atoms with van der Waals surface area (Å²) in [5.74, 6) is -0.210. The van der Waals surface area contributed by atoms with Crippen LogP contribution in [0.5, 0.6) is 0 Å². The van der Waals surface area contributed by atoms with Gasteiger partial charge in [-0.25, -0.2) is 0 Å². The standard InChI is InChI=1S/C7H5BrN2O2/c8-5-1-4-12-6(5)7(11)10-3-2-9/h1,4H,3H2,(H,10,11). The molecule has 5 heteroatoms. The van der Waals surface area contributed by atoms with Crippen LogP contribution >= 0.6 is 15.9 Å². The summed E-state index contributed by atoms with van der Waals surface area (Å²) in [4.78, 5) is 11.1. The predicted octanol–water partition coefficient (Wildman–Crippen LogP) is 1.30. The highest BCUT2D eigenvalue weighted by Gasteiger charge is 2.11. The van der Waals surface area contributed by atoms with Crippen LogP contribution in [-0.4, -0.2) is 12.5 Å². The van der Waals surface area contributed by atoms with Gasteiger partial charge in [0.25, 0.3) is 5.91 Å². The molecule has 0 aliphatic rings. The monoisotopic (exact) mass is 228 g/mol. The van der Waals surface area contributed by atoms with Crippen LogP contribution < -0.4 is 5.32 Å². The number of rotatable bonds is 2. The highest BCUT2D eigenvalue weighted by Crippen LogP contribution is 2.16. The van der Waals surface area contributed by atoms with Crippen molar-refractivity contribution in [2.45, 2.75) is 0 Å². The van der Waals surface area contributed by atoms with E-state index in [9.17, 15) is 4.79 Å². The zero-order valence-corrected chi connectivity index (χ0v) is 7.59. The van der Waals surface area contributed by atoms with Crippen molar-refractivity contribution in [1.82, 2.24) is 5.32 Å². The molecule has 1 rings (SSSR count). The van der Waals surface area contributed by atoms with Crippen LogP contribution in [0.2, 0.25) is 0 Å². The Morgan fingerprint density at radius 2 is 2.58 bits per heavy atom. The lowest BCUT2D eigenvalue weighted by molar-refractivity contribution is 0.0930. The zero-order chi connectivity index (χ0) is 8.97. The van der Waals surface area contributed by atoms with Crippen LogP contribution in [0.3, 0.4) is 0 Å². The lowest BCUT2D eigenvalue weighted by atomic mass is 10.4. The maximum atomic E-state index is 11.1. The van der Waals surface area contributed by atoms with Gasteiger partial charge in [-0.15, -0.1) is 0 Å². The molecule has 1 N–H and O–H groups in total. The van der Waals surface area contributed by atoms with Gasteiger partial charge in [-0.3, -0.25) is 4.79 Å². The van der Waals surface area contributed by atoms with Crippen LogP contribution in [0.25, 0.3) is 0 Å². The third-order valence-corrected chi connectivity index (χ3v) is 1.78. The molecule has 12 heavy (non-hydrogen) atoms. The molecule has 1 aromatic rings. The number of hydrogen-bond acceptors (Lipinski definition) is 3. The van der Waals surface area contributed by atoms with E-state index in [1.54, 1.807) is 12.1 Å². The molecule has 1 amide bonds. The largest absolute Gasteiger partial charge is 0.458 e. The van der Waals surface area contributed by atoms with Crippen molar-refractivity contribution in [2.75, 3.05) is 6.54 Å². The maximum absolute atomic E-state index is 11.1. The summed E-state index contributed by atoms with van der Waals surface area (Å²) >= 11 is 3.12. The molecule has 0 aliphatic heterocycles. The zero-order valence-electron chi connectivity index (χ0n) is 6.00. The van der Waals surface area contributed by atoms with Gasteiger partial charge in [-0.1, -0.05) is 0 Å². The summed E-state index contributed by atoms with van der Waals surface area (Å²) in [5, 5.41) is 10.5. The molecule has 0 fully saturated rings. The molecule has 0 saturated heterocycles. The van der Waals surface area contributed by atoms with E-state index < -0.39 is 5.91 Å². The van der Waals surface area contributed by atoms with E-state index in [1.807, 2.05) is 0 Å². The molecule has 62 valence electrons. The van der Waals surface area contributed by atoms with Crippen molar-refractivity contribution in [3.05, 3.63) is 22.6 Å². The summed E-state index contributed by atoms with van der Waals surface area (Å²) in [6.07, 6.45) is 1.39. The van der Waals surface area contributed by atoms with E-state index in [0.717, 1.165) is 0 Å². The smallest absolute Gasteiger partial charge is 0.289 e. The summed E-state index contributed by atoms with van der Waals surface area (Å²) in [6.45, 7) is -0.0219. The Bertz CT molecular complexity index is 326. The number of nitrogens with zero attached hydrogens (tertiary/aromatic N) is 1. The Morgan fingerprint density at radius 1 is 1.83 bits per heavy atom. The first-order valence-corrected chi connectivity index (χ1v) is 3.93. The first-order valence-electron chi connectivity index (χ1n) is 3.14. The van der Waals surface area contributed by atoms with Gasteiger partial charge in [0.05, 0.1) is 16.8 Å². The fourth-order valence-electron chi connectivity index (χ4n) is 0.656. The number of carbonyl (C=O) groups excluding carboxylic acids is 1. The Balaban J connectivity index is 2.67. The second-order valence-corrected chi connectivity index (χ2v) is 2.79. The first kappa shape index (κ1) is 8.81. The van der Waals surface area contributed by atoms with E-state index >= 15 is 0 Å². The first-order chi connectivity index (χ1) is 5.75. The summed E-state index contributed by atoms with van der Waals surface area (Å²) in [6, 6.07) is 3.40. The van der Waals surface area contributed by atoms with E-state index in [0.29, 0.717) is 4.47 Å². The van der Waals surface area contributed by atoms with E-state index in [1.165, 1.54) is 6.26 Å². The molecular formula is C7H5BrN2O2. The topological polar surface area (TPSA) is 66.0 Å². The van der Waals surface area contributed by atoms with Crippen molar-refractivity contribution in [3.63, 3.8) is 0 Å². The molecule has 1 aromatic heterocycles. The van der Waals surface area contributed by atoms with E-state index in [4.69, 9.17) is 9.68 Å². The van der Waals surface area contributed by atoms with Crippen LogP contribution in [0.4, 0.5) is 0 Å².